The van der Waals surface area contributed by atoms with Gasteiger partial charge in [-0.05, 0) is 60.7 Å². The summed E-state index contributed by atoms with van der Waals surface area (Å²) >= 11 is 0. The van der Waals surface area contributed by atoms with Crippen LogP contribution in [0.4, 0.5) is 0 Å². The third-order valence-electron chi connectivity index (χ3n) is 2.96. The van der Waals surface area contributed by atoms with Crippen LogP contribution < -0.4 is 0 Å². The van der Waals surface area contributed by atoms with Crippen LogP contribution in [0.15, 0.2) is 36.4 Å². The van der Waals surface area contributed by atoms with Crippen molar-refractivity contribution >= 4 is 0 Å². The minimum atomic E-state index is 0.288. The maximum Gasteiger partial charge on any atom is 0.118 e. The number of hydrogen-bond acceptors (Lipinski definition) is 2. The van der Waals surface area contributed by atoms with Crippen LogP contribution in [0.5, 0.6) is 11.5 Å². The average molecular weight is 228 g/mol. The monoisotopic (exact) mass is 228 g/mol. The summed E-state index contributed by atoms with van der Waals surface area (Å²) in [5.74, 6) is 0.623. The Bertz CT molecular complexity index is 545. The van der Waals surface area contributed by atoms with Gasteiger partial charge in [0.25, 0.3) is 0 Å². The predicted molar refractivity (Wildman–Crippen MR) is 68.5 cm³/mol. The summed E-state index contributed by atoms with van der Waals surface area (Å²) in [4.78, 5) is 0. The second kappa shape index (κ2) is 4.50. The van der Waals surface area contributed by atoms with E-state index in [-0.39, 0.29) is 5.75 Å². The second-order valence-electron chi connectivity index (χ2n) is 4.41. The average Bonchev–Trinajstić information content (AvgIpc) is 2.26. The molecule has 2 rings (SSSR count). The third kappa shape index (κ3) is 2.59. The molecule has 0 aliphatic carbocycles. The molecular weight excluding hydrogens is 212 g/mol. The highest BCUT2D eigenvalue weighted by Gasteiger charge is 2.05. The summed E-state index contributed by atoms with van der Waals surface area (Å²) in [6.07, 6.45) is 0.765. The van der Waals surface area contributed by atoms with E-state index in [4.69, 9.17) is 0 Å². The number of benzene rings is 2. The zero-order chi connectivity index (χ0) is 12.4. The summed E-state index contributed by atoms with van der Waals surface area (Å²) in [7, 11) is 0. The van der Waals surface area contributed by atoms with Crippen molar-refractivity contribution in [1.29, 1.82) is 0 Å². The normalized spacial score (nSPS) is 10.5. The largest absolute Gasteiger partial charge is 0.508 e. The molecule has 0 aliphatic heterocycles. The summed E-state index contributed by atoms with van der Waals surface area (Å²) in [5.41, 5.74) is 4.19. The Kier molecular flexibility index (Phi) is 3.05. The summed E-state index contributed by atoms with van der Waals surface area (Å²) in [6, 6.07) is 11.0. The molecule has 0 fully saturated rings. The van der Waals surface area contributed by atoms with E-state index in [1.54, 1.807) is 18.2 Å². The molecule has 88 valence electrons. The standard InChI is InChI=1S/C15H16O2/c1-10-7-15(17)11(2)6-13(10)8-12-4-3-5-14(16)9-12/h3-7,9,16-17H,8H2,1-2H3. The van der Waals surface area contributed by atoms with E-state index in [9.17, 15) is 10.2 Å². The van der Waals surface area contributed by atoms with Gasteiger partial charge in [0.05, 0.1) is 0 Å². The summed E-state index contributed by atoms with van der Waals surface area (Å²) < 4.78 is 0. The highest BCUT2D eigenvalue weighted by molar-refractivity contribution is 5.43. The van der Waals surface area contributed by atoms with Gasteiger partial charge in [-0.3, -0.25) is 0 Å². The van der Waals surface area contributed by atoms with Gasteiger partial charge < -0.3 is 10.2 Å². The Morgan fingerprint density at radius 2 is 1.71 bits per heavy atom. The van der Waals surface area contributed by atoms with Crippen molar-refractivity contribution in [2.75, 3.05) is 0 Å². The van der Waals surface area contributed by atoms with Crippen LogP contribution in [0.25, 0.3) is 0 Å². The molecule has 0 spiro atoms. The van der Waals surface area contributed by atoms with E-state index >= 15 is 0 Å². The van der Waals surface area contributed by atoms with Gasteiger partial charge in [0.2, 0.25) is 0 Å². The lowest BCUT2D eigenvalue weighted by Crippen LogP contribution is -1.93. The van der Waals surface area contributed by atoms with Crippen LogP contribution >= 0.6 is 0 Å². The minimum absolute atomic E-state index is 0.288. The van der Waals surface area contributed by atoms with E-state index in [1.165, 1.54) is 5.56 Å². The Hall–Kier alpha value is -1.96. The van der Waals surface area contributed by atoms with Crippen LogP contribution in [0, 0.1) is 13.8 Å². The number of hydrogen-bond donors (Lipinski definition) is 2. The lowest BCUT2D eigenvalue weighted by atomic mass is 9.98. The molecule has 0 heterocycles. The summed E-state index contributed by atoms with van der Waals surface area (Å²) in [5, 5.41) is 19.0. The molecule has 2 aromatic carbocycles. The van der Waals surface area contributed by atoms with Gasteiger partial charge in [-0.2, -0.15) is 0 Å². The molecule has 2 nitrogen and oxygen atoms in total. The van der Waals surface area contributed by atoms with Gasteiger partial charge in [0.1, 0.15) is 11.5 Å². The maximum atomic E-state index is 9.59. The van der Waals surface area contributed by atoms with Gasteiger partial charge in [-0.15, -0.1) is 0 Å². The van der Waals surface area contributed by atoms with Crippen molar-refractivity contribution in [2.24, 2.45) is 0 Å². The molecule has 0 radical (unpaired) electrons. The van der Waals surface area contributed by atoms with Crippen molar-refractivity contribution in [2.45, 2.75) is 20.3 Å². The van der Waals surface area contributed by atoms with Crippen LogP contribution in [-0.4, -0.2) is 10.2 Å². The fourth-order valence-corrected chi connectivity index (χ4v) is 1.94. The molecule has 0 saturated heterocycles. The fourth-order valence-electron chi connectivity index (χ4n) is 1.94. The Labute approximate surface area is 101 Å². The zero-order valence-corrected chi connectivity index (χ0v) is 10.1. The Morgan fingerprint density at radius 3 is 2.41 bits per heavy atom. The molecule has 2 N–H and O–H groups in total. The van der Waals surface area contributed by atoms with Crippen LogP contribution in [0.3, 0.4) is 0 Å². The first-order chi connectivity index (χ1) is 8.06. The predicted octanol–water partition coefficient (Wildman–Crippen LogP) is 3.31. The molecule has 0 aliphatic rings. The SMILES string of the molecule is Cc1cc(Cc2cccc(O)c2)c(C)cc1O. The first kappa shape index (κ1) is 11.5. The Morgan fingerprint density at radius 1 is 0.941 bits per heavy atom. The topological polar surface area (TPSA) is 40.5 Å². The van der Waals surface area contributed by atoms with E-state index in [2.05, 4.69) is 0 Å². The number of aryl methyl sites for hydroxylation is 2. The van der Waals surface area contributed by atoms with Gasteiger partial charge in [0.15, 0.2) is 0 Å². The summed E-state index contributed by atoms with van der Waals surface area (Å²) in [6.45, 7) is 3.87. The number of phenolic OH excluding ortho intramolecular Hbond substituents is 2. The minimum Gasteiger partial charge on any atom is -0.508 e. The van der Waals surface area contributed by atoms with Crippen LogP contribution in [-0.2, 0) is 6.42 Å². The molecule has 17 heavy (non-hydrogen) atoms. The van der Waals surface area contributed by atoms with Gasteiger partial charge in [0, 0.05) is 0 Å². The van der Waals surface area contributed by atoms with Gasteiger partial charge in [-0.1, -0.05) is 18.2 Å². The fraction of sp³-hybridized carbons (Fsp3) is 0.200. The molecule has 0 atom stereocenters. The highest BCUT2D eigenvalue weighted by atomic mass is 16.3. The molecule has 0 unspecified atom stereocenters. The lowest BCUT2D eigenvalue weighted by Gasteiger charge is -2.09. The van der Waals surface area contributed by atoms with E-state index in [0.717, 1.165) is 23.1 Å². The van der Waals surface area contributed by atoms with E-state index in [1.807, 2.05) is 32.0 Å². The number of phenols is 2. The second-order valence-corrected chi connectivity index (χ2v) is 4.41. The van der Waals surface area contributed by atoms with Gasteiger partial charge >= 0.3 is 0 Å². The van der Waals surface area contributed by atoms with Crippen molar-refractivity contribution in [1.82, 2.24) is 0 Å². The van der Waals surface area contributed by atoms with Crippen LogP contribution in [0.1, 0.15) is 22.3 Å². The zero-order valence-electron chi connectivity index (χ0n) is 10.1. The Balaban J connectivity index is 2.33. The lowest BCUT2D eigenvalue weighted by molar-refractivity contribution is 0.470. The molecule has 2 aromatic rings. The maximum absolute atomic E-state index is 9.59. The van der Waals surface area contributed by atoms with Crippen molar-refractivity contribution < 1.29 is 10.2 Å². The van der Waals surface area contributed by atoms with Gasteiger partial charge in [-0.25, -0.2) is 0 Å². The molecule has 2 heteroatoms. The first-order valence-electron chi connectivity index (χ1n) is 5.63. The van der Waals surface area contributed by atoms with Crippen molar-refractivity contribution in [3.05, 3.63) is 58.7 Å². The van der Waals surface area contributed by atoms with E-state index < -0.39 is 0 Å². The highest BCUT2D eigenvalue weighted by Crippen LogP contribution is 2.24. The molecule has 0 saturated carbocycles. The third-order valence-corrected chi connectivity index (χ3v) is 2.96. The molecular formula is C15H16O2. The number of aromatic hydroxyl groups is 2. The quantitative estimate of drug-likeness (QED) is 0.828. The molecule has 0 aromatic heterocycles. The smallest absolute Gasteiger partial charge is 0.118 e. The van der Waals surface area contributed by atoms with Crippen molar-refractivity contribution in [3.63, 3.8) is 0 Å². The first-order valence-corrected chi connectivity index (χ1v) is 5.63. The van der Waals surface area contributed by atoms with Crippen LogP contribution in [0.2, 0.25) is 0 Å². The number of rotatable bonds is 2. The molecule has 0 amide bonds. The van der Waals surface area contributed by atoms with E-state index in [0.29, 0.717) is 5.75 Å². The molecule has 0 bridgehead atoms. The van der Waals surface area contributed by atoms with Crippen molar-refractivity contribution in [3.8, 4) is 11.5 Å².